The average molecular weight is 506 g/mol. The van der Waals surface area contributed by atoms with E-state index in [0.717, 1.165) is 19.0 Å². The molecule has 1 unspecified atom stereocenters. The molecule has 166 valence electrons. The van der Waals surface area contributed by atoms with E-state index in [1.807, 2.05) is 0 Å². The lowest BCUT2D eigenvalue weighted by Crippen LogP contribution is -2.33. The number of carbonyl (C=O) groups excluding carboxylic acids is 1. The largest absolute Gasteiger partial charge is 0.350 e. The van der Waals surface area contributed by atoms with Gasteiger partial charge in [-0.2, -0.15) is 14.6 Å². The zero-order chi connectivity index (χ0) is 22.7. The Balaban J connectivity index is 1.52. The summed E-state index contributed by atoms with van der Waals surface area (Å²) in [4.78, 5) is 32.3. The van der Waals surface area contributed by atoms with Gasteiger partial charge < -0.3 is 10.3 Å². The molecule has 0 bridgehead atoms. The van der Waals surface area contributed by atoms with Crippen molar-refractivity contribution in [3.05, 3.63) is 80.4 Å². The zero-order valence-electron chi connectivity index (χ0n) is 16.6. The lowest BCUT2D eigenvalue weighted by atomic mass is 10.1. The molecule has 1 aliphatic carbocycles. The average Bonchev–Trinajstić information content (AvgIpc) is 3.62. The number of pyridine rings is 1. The van der Waals surface area contributed by atoms with Gasteiger partial charge in [0.2, 0.25) is 5.82 Å². The van der Waals surface area contributed by atoms with Gasteiger partial charge in [-0.3, -0.25) is 14.4 Å². The van der Waals surface area contributed by atoms with Crippen molar-refractivity contribution in [2.45, 2.75) is 25.4 Å². The molecule has 3 N–H and O–H groups in total. The van der Waals surface area contributed by atoms with E-state index in [1.54, 1.807) is 18.3 Å². The quantitative estimate of drug-likeness (QED) is 0.403. The summed E-state index contributed by atoms with van der Waals surface area (Å²) in [5, 5.41) is 10.4. The van der Waals surface area contributed by atoms with Crippen LogP contribution in [0.25, 0.3) is 0 Å². The van der Waals surface area contributed by atoms with Crippen LogP contribution in [0, 0.1) is 17.6 Å². The summed E-state index contributed by atoms with van der Waals surface area (Å²) >= 11 is 3.13. The molecule has 8 nitrogen and oxygen atoms in total. The number of rotatable bonds is 8. The maximum Gasteiger partial charge on any atom is 0.286 e. The number of H-pyrrole nitrogens is 1. The highest BCUT2D eigenvalue weighted by atomic mass is 79.9. The van der Waals surface area contributed by atoms with Crippen molar-refractivity contribution in [2.24, 2.45) is 5.92 Å². The Morgan fingerprint density at radius 1 is 1.31 bits per heavy atom. The number of aromatic amines is 1. The van der Waals surface area contributed by atoms with Crippen LogP contribution in [0.2, 0.25) is 0 Å². The van der Waals surface area contributed by atoms with Gasteiger partial charge in [-0.25, -0.2) is 9.87 Å². The molecule has 32 heavy (non-hydrogen) atoms. The highest BCUT2D eigenvalue weighted by Crippen LogP contribution is 2.35. The summed E-state index contributed by atoms with van der Waals surface area (Å²) in [7, 11) is 0. The second-order valence-corrected chi connectivity index (χ2v) is 8.23. The third kappa shape index (κ3) is 5.17. The Hall–Kier alpha value is -3.18. The van der Waals surface area contributed by atoms with E-state index in [1.165, 1.54) is 18.2 Å². The van der Waals surface area contributed by atoms with Gasteiger partial charge in [0, 0.05) is 23.3 Å². The van der Waals surface area contributed by atoms with Gasteiger partial charge in [0.1, 0.15) is 5.82 Å². The van der Waals surface area contributed by atoms with E-state index in [9.17, 15) is 18.4 Å². The lowest BCUT2D eigenvalue weighted by molar-refractivity contribution is -0.0260. The Labute approximate surface area is 189 Å². The molecule has 0 aliphatic heterocycles. The van der Waals surface area contributed by atoms with Gasteiger partial charge in [-0.05, 0) is 49.1 Å². The van der Waals surface area contributed by atoms with Crippen LogP contribution >= 0.6 is 15.9 Å². The fraction of sp³-hybridized carbons (Fsp3) is 0.238. The van der Waals surface area contributed by atoms with Crippen molar-refractivity contribution < 1.29 is 18.4 Å². The van der Waals surface area contributed by atoms with E-state index < -0.39 is 28.8 Å². The Morgan fingerprint density at radius 3 is 2.81 bits per heavy atom. The molecule has 2 aromatic heterocycles. The SMILES string of the molecule is O=C(NOC(Cc1cccnn1)C1CC1)c1c[nH]c(=O)c(F)c1Nc1ccc(Br)cc1F. The molecule has 1 aliphatic rings. The first-order valence-electron chi connectivity index (χ1n) is 9.78. The molecule has 1 fully saturated rings. The molecule has 3 aromatic rings. The number of benzene rings is 1. The number of amides is 1. The first kappa shape index (κ1) is 22.0. The number of nitrogens with one attached hydrogen (secondary N) is 3. The first-order valence-corrected chi connectivity index (χ1v) is 10.6. The van der Waals surface area contributed by atoms with E-state index in [-0.39, 0.29) is 23.3 Å². The van der Waals surface area contributed by atoms with Crippen molar-refractivity contribution in [2.75, 3.05) is 5.32 Å². The van der Waals surface area contributed by atoms with E-state index in [4.69, 9.17) is 4.84 Å². The van der Waals surface area contributed by atoms with Gasteiger partial charge in [-0.1, -0.05) is 15.9 Å². The molecule has 0 saturated heterocycles. The number of carbonyl (C=O) groups is 1. The minimum Gasteiger partial charge on any atom is -0.350 e. The van der Waals surface area contributed by atoms with Crippen LogP contribution in [0.4, 0.5) is 20.2 Å². The van der Waals surface area contributed by atoms with Crippen molar-refractivity contribution in [1.29, 1.82) is 0 Å². The number of hydrogen-bond donors (Lipinski definition) is 3. The number of nitrogens with zero attached hydrogens (tertiary/aromatic N) is 2. The van der Waals surface area contributed by atoms with Gasteiger partial charge in [0.05, 0.1) is 28.7 Å². The summed E-state index contributed by atoms with van der Waals surface area (Å²) < 4.78 is 29.3. The molecule has 4 rings (SSSR count). The molecule has 1 amide bonds. The van der Waals surface area contributed by atoms with Crippen molar-refractivity contribution >= 4 is 33.2 Å². The van der Waals surface area contributed by atoms with Crippen LogP contribution in [0.3, 0.4) is 0 Å². The van der Waals surface area contributed by atoms with Crippen LogP contribution in [0.1, 0.15) is 28.9 Å². The van der Waals surface area contributed by atoms with Crippen LogP contribution in [0.15, 0.2) is 52.0 Å². The highest BCUT2D eigenvalue weighted by molar-refractivity contribution is 9.10. The molecule has 1 aromatic carbocycles. The molecule has 0 spiro atoms. The fourth-order valence-corrected chi connectivity index (χ4v) is 3.47. The summed E-state index contributed by atoms with van der Waals surface area (Å²) in [6.45, 7) is 0. The third-order valence-corrected chi connectivity index (χ3v) is 5.45. The minimum atomic E-state index is -1.25. The molecule has 1 saturated carbocycles. The van der Waals surface area contributed by atoms with Gasteiger partial charge in [-0.15, -0.1) is 0 Å². The zero-order valence-corrected chi connectivity index (χ0v) is 18.2. The van der Waals surface area contributed by atoms with Crippen molar-refractivity contribution in [3.8, 4) is 0 Å². The van der Waals surface area contributed by atoms with Crippen LogP contribution in [0.5, 0.6) is 0 Å². The Morgan fingerprint density at radius 2 is 2.12 bits per heavy atom. The lowest BCUT2D eigenvalue weighted by Gasteiger charge is -2.18. The summed E-state index contributed by atoms with van der Waals surface area (Å²) in [6.07, 6.45) is 4.59. The number of hydrogen-bond acceptors (Lipinski definition) is 6. The van der Waals surface area contributed by atoms with Crippen molar-refractivity contribution in [3.63, 3.8) is 0 Å². The summed E-state index contributed by atoms with van der Waals surface area (Å²) in [5.74, 6) is -2.50. The monoisotopic (exact) mass is 505 g/mol. The predicted molar refractivity (Wildman–Crippen MR) is 115 cm³/mol. The molecule has 11 heteroatoms. The number of anilines is 2. The third-order valence-electron chi connectivity index (χ3n) is 4.96. The van der Waals surface area contributed by atoms with Crippen LogP contribution in [-0.4, -0.2) is 27.2 Å². The topological polar surface area (TPSA) is 109 Å². The molecule has 2 heterocycles. The maximum absolute atomic E-state index is 14.6. The number of aromatic nitrogens is 3. The van der Waals surface area contributed by atoms with Gasteiger partial charge in [0.15, 0.2) is 0 Å². The van der Waals surface area contributed by atoms with Crippen molar-refractivity contribution in [1.82, 2.24) is 20.7 Å². The molecule has 1 atom stereocenters. The van der Waals surface area contributed by atoms with Gasteiger partial charge >= 0.3 is 0 Å². The fourth-order valence-electron chi connectivity index (χ4n) is 3.14. The molecular weight excluding hydrogens is 488 g/mol. The minimum absolute atomic E-state index is 0.105. The Kier molecular flexibility index (Phi) is 6.56. The predicted octanol–water partition coefficient (Wildman–Crippen LogP) is 3.63. The molecular formula is C21H18BrF2N5O3. The maximum atomic E-state index is 14.6. The van der Waals surface area contributed by atoms with E-state index in [2.05, 4.69) is 41.9 Å². The second-order valence-electron chi connectivity index (χ2n) is 7.31. The number of halogens is 3. The highest BCUT2D eigenvalue weighted by Gasteiger charge is 2.33. The van der Waals surface area contributed by atoms with Crippen LogP contribution < -0.4 is 16.4 Å². The Bertz CT molecular complexity index is 1190. The van der Waals surface area contributed by atoms with E-state index >= 15 is 0 Å². The molecule has 0 radical (unpaired) electrons. The van der Waals surface area contributed by atoms with Gasteiger partial charge in [0.25, 0.3) is 11.5 Å². The summed E-state index contributed by atoms with van der Waals surface area (Å²) in [5.41, 5.74) is 1.15. The smallest absolute Gasteiger partial charge is 0.286 e. The first-order chi connectivity index (χ1) is 15.4. The van der Waals surface area contributed by atoms with Crippen LogP contribution in [-0.2, 0) is 11.3 Å². The number of hydroxylamine groups is 1. The normalized spacial score (nSPS) is 14.1. The van der Waals surface area contributed by atoms with E-state index in [0.29, 0.717) is 16.6 Å². The second kappa shape index (κ2) is 9.53. The standard InChI is InChI=1S/C21H18BrF2N5O3/c22-12-5-6-16(15(23)8-12)27-19-14(10-25-21(31)18(19)24)20(30)29-32-17(11-3-4-11)9-13-2-1-7-26-28-13/h1-2,5-8,10-11,17H,3-4,9H2,(H,29,30)(H2,25,27,31). The summed E-state index contributed by atoms with van der Waals surface area (Å²) in [6, 6.07) is 7.62.